The number of nitrogens with one attached hydrogen (secondary N) is 1. The van der Waals surface area contributed by atoms with Crippen molar-refractivity contribution in [3.8, 4) is 0 Å². The van der Waals surface area contributed by atoms with Crippen molar-refractivity contribution in [2.24, 2.45) is 0 Å². The van der Waals surface area contributed by atoms with Crippen LogP contribution in [0.5, 0.6) is 0 Å². The van der Waals surface area contributed by atoms with Crippen LogP contribution in [0.15, 0.2) is 53.4 Å². The minimum atomic E-state index is -0.485. The summed E-state index contributed by atoms with van der Waals surface area (Å²) in [6, 6.07) is 15.0. The van der Waals surface area contributed by atoms with Crippen molar-refractivity contribution in [1.29, 1.82) is 0 Å². The highest BCUT2D eigenvalue weighted by molar-refractivity contribution is 8.00. The summed E-state index contributed by atoms with van der Waals surface area (Å²) in [5.41, 5.74) is 2.16. The number of nitrogens with zero attached hydrogens (tertiary/aromatic N) is 1. The number of carbonyl (C=O) groups is 2. The van der Waals surface area contributed by atoms with Crippen LogP contribution in [0.4, 0.5) is 0 Å². The number of rotatable bonds is 11. The molecule has 0 radical (unpaired) electrons. The molecule has 0 aliphatic carbocycles. The highest BCUT2D eigenvalue weighted by Crippen LogP contribution is 2.22. The summed E-state index contributed by atoms with van der Waals surface area (Å²) in [5, 5.41) is 3.66. The highest BCUT2D eigenvalue weighted by atomic mass is 35.5. The van der Waals surface area contributed by atoms with E-state index < -0.39 is 6.04 Å². The molecule has 2 rings (SSSR count). The Labute approximate surface area is 189 Å². The fraction of sp³-hybridized carbons (Fsp3) is 0.417. The third-order valence-corrected chi connectivity index (χ3v) is 6.08. The summed E-state index contributed by atoms with van der Waals surface area (Å²) in [6.07, 6.45) is 2.52. The van der Waals surface area contributed by atoms with Gasteiger partial charge in [-0.1, -0.05) is 61.7 Å². The number of unbranched alkanes of at least 4 members (excludes halogenated alkanes) is 1. The van der Waals surface area contributed by atoms with Crippen molar-refractivity contribution >= 4 is 35.2 Å². The minimum absolute atomic E-state index is 0.0473. The predicted octanol–water partition coefficient (Wildman–Crippen LogP) is 5.46. The Morgan fingerprint density at radius 3 is 2.50 bits per heavy atom. The predicted molar refractivity (Wildman–Crippen MR) is 126 cm³/mol. The normalized spacial score (nSPS) is 11.7. The molecule has 0 bridgehead atoms. The molecule has 0 saturated heterocycles. The molecule has 2 aromatic carbocycles. The fourth-order valence-electron chi connectivity index (χ4n) is 3.19. The molecular formula is C24H31ClN2O2S. The molecule has 30 heavy (non-hydrogen) atoms. The van der Waals surface area contributed by atoms with Crippen LogP contribution < -0.4 is 5.32 Å². The maximum Gasteiger partial charge on any atom is 0.242 e. The standard InChI is InChI=1S/C24H31ClN2O2S/c1-4-6-14-26-24(29)22(5-2)27(16-19-9-7-8-18(3)15-19)23(28)17-30-21-12-10-20(25)11-13-21/h7-13,15,22H,4-6,14,16-17H2,1-3H3,(H,26,29)/t22-/m0/s1. The lowest BCUT2D eigenvalue weighted by molar-refractivity contribution is -0.139. The molecule has 2 amide bonds. The van der Waals surface area contributed by atoms with E-state index in [1.54, 1.807) is 4.90 Å². The van der Waals surface area contributed by atoms with E-state index in [4.69, 9.17) is 11.6 Å². The maximum atomic E-state index is 13.2. The van der Waals surface area contributed by atoms with Gasteiger partial charge in [0.1, 0.15) is 6.04 Å². The van der Waals surface area contributed by atoms with Crippen LogP contribution in [0, 0.1) is 6.92 Å². The second-order valence-electron chi connectivity index (χ2n) is 7.32. The van der Waals surface area contributed by atoms with Crippen LogP contribution in [-0.2, 0) is 16.1 Å². The summed E-state index contributed by atoms with van der Waals surface area (Å²) in [6.45, 7) is 7.12. The molecule has 6 heteroatoms. The van der Waals surface area contributed by atoms with Gasteiger partial charge in [-0.3, -0.25) is 9.59 Å². The first-order valence-electron chi connectivity index (χ1n) is 10.5. The molecule has 0 unspecified atom stereocenters. The number of hydrogen-bond acceptors (Lipinski definition) is 3. The molecule has 2 aromatic rings. The van der Waals surface area contributed by atoms with E-state index >= 15 is 0 Å². The molecular weight excluding hydrogens is 416 g/mol. The molecule has 0 aliphatic heterocycles. The Kier molecular flexibility index (Phi) is 10.2. The van der Waals surface area contributed by atoms with Crippen molar-refractivity contribution in [3.63, 3.8) is 0 Å². The summed E-state index contributed by atoms with van der Waals surface area (Å²) in [4.78, 5) is 28.7. The van der Waals surface area contributed by atoms with Crippen molar-refractivity contribution in [2.45, 2.75) is 57.5 Å². The summed E-state index contributed by atoms with van der Waals surface area (Å²) in [7, 11) is 0. The Morgan fingerprint density at radius 2 is 1.87 bits per heavy atom. The van der Waals surface area contributed by atoms with Crippen molar-refractivity contribution in [1.82, 2.24) is 10.2 Å². The van der Waals surface area contributed by atoms with E-state index in [0.29, 0.717) is 24.5 Å². The molecule has 0 saturated carbocycles. The van der Waals surface area contributed by atoms with Crippen LogP contribution in [-0.4, -0.2) is 35.1 Å². The van der Waals surface area contributed by atoms with Gasteiger partial charge in [-0.25, -0.2) is 0 Å². The zero-order chi connectivity index (χ0) is 21.9. The van der Waals surface area contributed by atoms with E-state index in [1.165, 1.54) is 11.8 Å². The zero-order valence-electron chi connectivity index (χ0n) is 18.0. The smallest absolute Gasteiger partial charge is 0.242 e. The van der Waals surface area contributed by atoms with E-state index in [1.807, 2.05) is 56.3 Å². The molecule has 0 fully saturated rings. The van der Waals surface area contributed by atoms with E-state index in [-0.39, 0.29) is 17.6 Å². The Morgan fingerprint density at radius 1 is 1.13 bits per heavy atom. The van der Waals surface area contributed by atoms with E-state index in [9.17, 15) is 9.59 Å². The van der Waals surface area contributed by atoms with Gasteiger partial charge in [0.05, 0.1) is 5.75 Å². The number of carbonyl (C=O) groups excluding carboxylic acids is 2. The lowest BCUT2D eigenvalue weighted by Crippen LogP contribution is -2.49. The molecule has 0 heterocycles. The minimum Gasteiger partial charge on any atom is -0.354 e. The summed E-state index contributed by atoms with van der Waals surface area (Å²) < 4.78 is 0. The van der Waals surface area contributed by atoms with E-state index in [2.05, 4.69) is 18.3 Å². The van der Waals surface area contributed by atoms with Gasteiger partial charge in [-0.15, -0.1) is 11.8 Å². The van der Waals surface area contributed by atoms with Crippen LogP contribution >= 0.6 is 23.4 Å². The molecule has 0 spiro atoms. The SMILES string of the molecule is CCCCNC(=O)[C@H](CC)N(Cc1cccc(C)c1)C(=O)CSc1ccc(Cl)cc1. The first kappa shape index (κ1) is 24.3. The molecule has 0 aliphatic rings. The van der Waals surface area contributed by atoms with Crippen molar-refractivity contribution < 1.29 is 9.59 Å². The average molecular weight is 447 g/mol. The summed E-state index contributed by atoms with van der Waals surface area (Å²) >= 11 is 7.41. The third kappa shape index (κ3) is 7.69. The van der Waals surface area contributed by atoms with Gasteiger partial charge in [0.2, 0.25) is 11.8 Å². The van der Waals surface area contributed by atoms with Gasteiger partial charge >= 0.3 is 0 Å². The summed E-state index contributed by atoms with van der Waals surface area (Å²) in [5.74, 6) is 0.143. The number of halogens is 1. The Balaban J connectivity index is 2.16. The number of benzene rings is 2. The monoisotopic (exact) mass is 446 g/mol. The highest BCUT2D eigenvalue weighted by Gasteiger charge is 2.28. The van der Waals surface area contributed by atoms with E-state index in [0.717, 1.165) is 28.9 Å². The second kappa shape index (κ2) is 12.7. The van der Waals surface area contributed by atoms with Crippen LogP contribution in [0.1, 0.15) is 44.2 Å². The van der Waals surface area contributed by atoms with Crippen molar-refractivity contribution in [3.05, 3.63) is 64.7 Å². The van der Waals surface area contributed by atoms with Crippen LogP contribution in [0.3, 0.4) is 0 Å². The van der Waals surface area contributed by atoms with Gasteiger partial charge in [0.15, 0.2) is 0 Å². The Hall–Kier alpha value is -1.98. The van der Waals surface area contributed by atoms with Crippen LogP contribution in [0.2, 0.25) is 5.02 Å². The number of thioether (sulfide) groups is 1. The third-order valence-electron chi connectivity index (χ3n) is 4.83. The first-order chi connectivity index (χ1) is 14.4. The lowest BCUT2D eigenvalue weighted by atomic mass is 10.1. The van der Waals surface area contributed by atoms with Gasteiger partial charge < -0.3 is 10.2 Å². The average Bonchev–Trinajstić information content (AvgIpc) is 2.73. The second-order valence-corrected chi connectivity index (χ2v) is 8.81. The number of amides is 2. The zero-order valence-corrected chi connectivity index (χ0v) is 19.6. The Bertz CT molecular complexity index is 826. The molecule has 1 atom stereocenters. The molecule has 0 aromatic heterocycles. The van der Waals surface area contributed by atoms with Gasteiger partial charge in [0, 0.05) is 23.0 Å². The molecule has 4 nitrogen and oxygen atoms in total. The van der Waals surface area contributed by atoms with Crippen molar-refractivity contribution in [2.75, 3.05) is 12.3 Å². The largest absolute Gasteiger partial charge is 0.354 e. The van der Waals surface area contributed by atoms with Gasteiger partial charge in [-0.2, -0.15) is 0 Å². The molecule has 1 N–H and O–H groups in total. The number of hydrogen-bond donors (Lipinski definition) is 1. The lowest BCUT2D eigenvalue weighted by Gasteiger charge is -2.30. The molecule has 162 valence electrons. The van der Waals surface area contributed by atoms with Gasteiger partial charge in [-0.05, 0) is 49.6 Å². The first-order valence-corrected chi connectivity index (χ1v) is 11.8. The number of aryl methyl sites for hydroxylation is 1. The quantitative estimate of drug-likeness (QED) is 0.368. The maximum absolute atomic E-state index is 13.2. The fourth-order valence-corrected chi connectivity index (χ4v) is 4.10. The van der Waals surface area contributed by atoms with Crippen LogP contribution in [0.25, 0.3) is 0 Å². The topological polar surface area (TPSA) is 49.4 Å². The van der Waals surface area contributed by atoms with Gasteiger partial charge in [0.25, 0.3) is 0 Å².